The minimum Gasteiger partial charge on any atom is -0.456 e. The van der Waals surface area contributed by atoms with Gasteiger partial charge in [0, 0.05) is 12.2 Å². The van der Waals surface area contributed by atoms with Gasteiger partial charge in [-0.3, -0.25) is 19.2 Å². The van der Waals surface area contributed by atoms with Crippen molar-refractivity contribution < 1.29 is 28.7 Å². The van der Waals surface area contributed by atoms with E-state index in [1.54, 1.807) is 31.2 Å². The summed E-state index contributed by atoms with van der Waals surface area (Å²) in [4.78, 5) is 68.3. The molecule has 0 fully saturated rings. The lowest BCUT2D eigenvalue weighted by Crippen LogP contribution is -2.46. The quantitative estimate of drug-likeness (QED) is 0.124. The number of pyridine rings is 1. The summed E-state index contributed by atoms with van der Waals surface area (Å²) in [6.07, 6.45) is 12.7. The Morgan fingerprint density at radius 3 is 2.63 bits per heavy atom. The van der Waals surface area contributed by atoms with Crippen molar-refractivity contribution in [3.05, 3.63) is 53.5 Å². The monoisotopic (exact) mass is 632 g/mol. The van der Waals surface area contributed by atoms with Crippen LogP contribution in [0.2, 0.25) is 0 Å². The summed E-state index contributed by atoms with van der Waals surface area (Å²) in [5.74, 6) is -1.14. The second-order valence-corrected chi connectivity index (χ2v) is 12.2. The Kier molecular flexibility index (Phi) is 17.4. The lowest BCUT2D eigenvalue weighted by atomic mass is 10.1. The van der Waals surface area contributed by atoms with Gasteiger partial charge in [-0.25, -0.2) is 9.78 Å². The molecular weight excluding hydrogens is 588 g/mol. The Balaban J connectivity index is 2.14. The minimum absolute atomic E-state index is 0.0241. The van der Waals surface area contributed by atoms with Crippen molar-refractivity contribution in [3.63, 3.8) is 0 Å². The van der Waals surface area contributed by atoms with Gasteiger partial charge < -0.3 is 20.7 Å². The molecular formula is C31H44N4O6S2. The highest BCUT2D eigenvalue weighted by atomic mass is 32.2. The van der Waals surface area contributed by atoms with Crippen LogP contribution in [-0.2, 0) is 30.5 Å². The first-order valence-corrected chi connectivity index (χ1v) is 17.2. The van der Waals surface area contributed by atoms with Gasteiger partial charge in [-0.15, -0.1) is 0 Å². The molecule has 1 aromatic rings. The standard InChI is InChI=1S/C31H44N4O6S2/c1-4-6-7-8-9-16-28(37)43-18-11-10-14-23-20-27(36)32-21-22-13-12-15-25(33-22)30(39)34-24(5-2)29(38)35-26(17-19-42-3)31(40)41-23/h5,10,12-15,23,26H,4,6-9,11,16-21H2,1-3H3,(H,32,36)(H,34,39)(H,35,38)/b14-10+,24-5-/t23-,26+/m1/s1. The number of rotatable bonds is 13. The third-order valence-corrected chi connectivity index (χ3v) is 8.13. The Labute approximate surface area is 263 Å². The summed E-state index contributed by atoms with van der Waals surface area (Å²) < 4.78 is 5.72. The maximum Gasteiger partial charge on any atom is 0.329 e. The van der Waals surface area contributed by atoms with Crippen molar-refractivity contribution in [2.75, 3.05) is 17.8 Å². The van der Waals surface area contributed by atoms with Crippen LogP contribution in [0, 0.1) is 0 Å². The molecule has 0 spiro atoms. The van der Waals surface area contributed by atoms with Crippen LogP contribution in [0.25, 0.3) is 0 Å². The van der Waals surface area contributed by atoms with Gasteiger partial charge in [0.25, 0.3) is 11.8 Å². The van der Waals surface area contributed by atoms with E-state index in [-0.39, 0.29) is 35.4 Å². The fourth-order valence-corrected chi connectivity index (χ4v) is 5.37. The highest BCUT2D eigenvalue weighted by molar-refractivity contribution is 8.13. The highest BCUT2D eigenvalue weighted by Crippen LogP contribution is 2.14. The number of fused-ring (bicyclic) bond motifs is 2. The topological polar surface area (TPSA) is 144 Å². The second kappa shape index (κ2) is 20.7. The Hall–Kier alpha value is -3.12. The zero-order valence-electron chi connectivity index (χ0n) is 25.3. The van der Waals surface area contributed by atoms with Gasteiger partial charge in [0.05, 0.1) is 18.7 Å². The van der Waals surface area contributed by atoms with Crippen molar-refractivity contribution in [2.45, 2.75) is 90.3 Å². The van der Waals surface area contributed by atoms with Gasteiger partial charge in [0.1, 0.15) is 23.5 Å². The fourth-order valence-electron chi connectivity index (χ4n) is 4.13. The van der Waals surface area contributed by atoms with Crippen LogP contribution in [0.1, 0.15) is 87.8 Å². The van der Waals surface area contributed by atoms with Crippen molar-refractivity contribution in [1.29, 1.82) is 0 Å². The Bertz CT molecular complexity index is 1160. The molecule has 1 aliphatic heterocycles. The molecule has 10 nitrogen and oxygen atoms in total. The number of ether oxygens (including phenoxy) is 1. The van der Waals surface area contributed by atoms with Crippen molar-refractivity contribution in [3.8, 4) is 0 Å². The summed E-state index contributed by atoms with van der Waals surface area (Å²) in [5.41, 5.74) is 0.509. The largest absolute Gasteiger partial charge is 0.456 e. The number of esters is 1. The second-order valence-electron chi connectivity index (χ2n) is 10.0. The molecule has 1 aliphatic rings. The predicted octanol–water partition coefficient (Wildman–Crippen LogP) is 4.45. The number of carbonyl (C=O) groups excluding carboxylic acids is 5. The zero-order valence-corrected chi connectivity index (χ0v) is 27.0. The molecule has 2 heterocycles. The molecule has 236 valence electrons. The molecule has 0 radical (unpaired) electrons. The third-order valence-electron chi connectivity index (χ3n) is 6.52. The number of aromatic nitrogens is 1. The first kappa shape index (κ1) is 36.1. The Morgan fingerprint density at radius 1 is 1.09 bits per heavy atom. The third kappa shape index (κ3) is 14.3. The smallest absolute Gasteiger partial charge is 0.329 e. The molecule has 43 heavy (non-hydrogen) atoms. The van der Waals surface area contributed by atoms with Crippen molar-refractivity contribution >= 4 is 52.3 Å². The number of amides is 3. The van der Waals surface area contributed by atoms with Gasteiger partial charge in [-0.2, -0.15) is 11.8 Å². The number of nitrogens with one attached hydrogen (secondary N) is 3. The number of unbranched alkanes of at least 4 members (excludes halogenated alkanes) is 4. The molecule has 2 bridgehead atoms. The summed E-state index contributed by atoms with van der Waals surface area (Å²) in [7, 11) is 0. The van der Waals surface area contributed by atoms with E-state index in [9.17, 15) is 24.0 Å². The molecule has 12 heteroatoms. The summed E-state index contributed by atoms with van der Waals surface area (Å²) >= 11 is 2.79. The van der Waals surface area contributed by atoms with Crippen LogP contribution in [-0.4, -0.2) is 63.7 Å². The van der Waals surface area contributed by atoms with Crippen molar-refractivity contribution in [1.82, 2.24) is 20.9 Å². The van der Waals surface area contributed by atoms with Crippen LogP contribution in [0.15, 0.2) is 42.1 Å². The molecule has 1 aromatic heterocycles. The van der Waals surface area contributed by atoms with E-state index in [0.717, 1.165) is 19.3 Å². The highest BCUT2D eigenvalue weighted by Gasteiger charge is 2.27. The summed E-state index contributed by atoms with van der Waals surface area (Å²) in [6, 6.07) is 3.82. The first-order valence-electron chi connectivity index (χ1n) is 14.8. The van der Waals surface area contributed by atoms with E-state index in [4.69, 9.17) is 4.74 Å². The number of cyclic esters (lactones) is 1. The molecule has 0 aromatic carbocycles. The summed E-state index contributed by atoms with van der Waals surface area (Å²) in [6.45, 7) is 3.82. The van der Waals surface area contributed by atoms with Crippen LogP contribution < -0.4 is 16.0 Å². The van der Waals surface area contributed by atoms with E-state index in [2.05, 4.69) is 27.9 Å². The molecule has 0 unspecified atom stereocenters. The maximum atomic E-state index is 13.2. The van der Waals surface area contributed by atoms with E-state index >= 15 is 0 Å². The van der Waals surface area contributed by atoms with E-state index < -0.39 is 29.9 Å². The van der Waals surface area contributed by atoms with Crippen LogP contribution in [0.4, 0.5) is 0 Å². The Morgan fingerprint density at radius 2 is 1.88 bits per heavy atom. The molecule has 2 atom stereocenters. The van der Waals surface area contributed by atoms with E-state index in [0.29, 0.717) is 36.5 Å². The van der Waals surface area contributed by atoms with Crippen LogP contribution in [0.3, 0.4) is 0 Å². The lowest BCUT2D eigenvalue weighted by molar-refractivity contribution is -0.151. The SMILES string of the molecule is C/C=C1\NC(=O)c2cccc(n2)CNC(=O)C[C@@H](/C=C/CCSC(=O)CCCCCCC)OC(=O)[C@H](CCSC)NC1=O. The van der Waals surface area contributed by atoms with E-state index in [1.807, 2.05) is 6.26 Å². The number of hydrogen-bond acceptors (Lipinski definition) is 9. The average molecular weight is 633 g/mol. The van der Waals surface area contributed by atoms with Crippen molar-refractivity contribution in [2.24, 2.45) is 0 Å². The average Bonchev–Trinajstić information content (AvgIpc) is 2.99. The maximum absolute atomic E-state index is 13.2. The molecule has 0 saturated carbocycles. The molecule has 3 N–H and O–H groups in total. The summed E-state index contributed by atoms with van der Waals surface area (Å²) in [5, 5.41) is 8.14. The number of nitrogens with zero attached hydrogens (tertiary/aromatic N) is 1. The number of hydrogen-bond donors (Lipinski definition) is 3. The fraction of sp³-hybridized carbons (Fsp3) is 0.548. The number of thioether (sulfide) groups is 2. The van der Waals surface area contributed by atoms with E-state index in [1.165, 1.54) is 48.5 Å². The minimum atomic E-state index is -0.995. The van der Waals surface area contributed by atoms with Gasteiger partial charge in [0.15, 0.2) is 5.12 Å². The number of allylic oxidation sites excluding steroid dienone is 2. The normalized spacial score (nSPS) is 19.6. The zero-order chi connectivity index (χ0) is 31.5. The van der Waals surface area contributed by atoms with Gasteiger partial charge in [-0.1, -0.05) is 62.6 Å². The van der Waals surface area contributed by atoms with Gasteiger partial charge in [0.2, 0.25) is 5.91 Å². The molecule has 0 aliphatic carbocycles. The van der Waals surface area contributed by atoms with Crippen LogP contribution in [0.5, 0.6) is 0 Å². The molecule has 0 saturated heterocycles. The predicted molar refractivity (Wildman–Crippen MR) is 171 cm³/mol. The first-order chi connectivity index (χ1) is 20.8. The van der Waals surface area contributed by atoms with Gasteiger partial charge in [-0.05, 0) is 56.4 Å². The number of carbonyl (C=O) groups is 5. The van der Waals surface area contributed by atoms with Gasteiger partial charge >= 0.3 is 5.97 Å². The van der Waals surface area contributed by atoms with Crippen LogP contribution >= 0.6 is 23.5 Å². The lowest BCUT2D eigenvalue weighted by Gasteiger charge is -2.22. The molecule has 2 rings (SSSR count). The molecule has 3 amide bonds.